The van der Waals surface area contributed by atoms with E-state index < -0.39 is 35.8 Å². The third kappa shape index (κ3) is 6.20. The van der Waals surface area contributed by atoms with Gasteiger partial charge in [-0.1, -0.05) is 18.2 Å². The number of ether oxygens (including phenoxy) is 2. The molecule has 1 heterocycles. The molecule has 9 heteroatoms. The molecule has 0 saturated carbocycles. The quantitative estimate of drug-likeness (QED) is 0.524. The Hall–Kier alpha value is -2.58. The van der Waals surface area contributed by atoms with Crippen LogP contribution >= 0.6 is 0 Å². The van der Waals surface area contributed by atoms with Crippen LogP contribution in [-0.2, 0) is 31.7 Å². The van der Waals surface area contributed by atoms with Crippen molar-refractivity contribution < 1.29 is 37.0 Å². The van der Waals surface area contributed by atoms with Gasteiger partial charge in [0.2, 0.25) is 0 Å². The molecule has 2 rings (SSSR count). The first-order valence-electron chi connectivity index (χ1n) is 9.34. The molecule has 6 nitrogen and oxygen atoms in total. The van der Waals surface area contributed by atoms with Crippen molar-refractivity contribution in [3.05, 3.63) is 35.4 Å². The van der Waals surface area contributed by atoms with Crippen LogP contribution in [0.4, 0.5) is 18.0 Å². The highest BCUT2D eigenvalue weighted by Crippen LogP contribution is 2.32. The standard InChI is InChI=1S/C20H24F3NO5/c1-3-29-18(26)12-17(25)14-7-8-24(19(27)28-2)16(11-14)10-13-5-4-6-15(9-13)20(21,22)23/h4-6,9,14,16H,3,7-8,10-12H2,1-2H3. The number of methoxy groups -OCH3 is 1. The second-order valence-corrected chi connectivity index (χ2v) is 6.89. The maximum atomic E-state index is 13.0. The van der Waals surface area contributed by atoms with Crippen molar-refractivity contribution in [2.45, 2.75) is 44.8 Å². The zero-order valence-electron chi connectivity index (χ0n) is 16.3. The number of hydrogen-bond acceptors (Lipinski definition) is 5. The second kappa shape index (κ2) is 9.76. The first-order valence-corrected chi connectivity index (χ1v) is 9.34. The Morgan fingerprint density at radius 2 is 1.97 bits per heavy atom. The van der Waals surface area contributed by atoms with Crippen LogP contribution in [0.25, 0.3) is 0 Å². The molecule has 1 saturated heterocycles. The van der Waals surface area contributed by atoms with Gasteiger partial charge in [-0.2, -0.15) is 13.2 Å². The molecule has 0 N–H and O–H groups in total. The smallest absolute Gasteiger partial charge is 0.416 e. The number of amides is 1. The number of rotatable bonds is 6. The molecule has 0 spiro atoms. The fraction of sp³-hybridized carbons (Fsp3) is 0.550. The van der Waals surface area contributed by atoms with E-state index in [0.29, 0.717) is 12.0 Å². The molecule has 1 fully saturated rings. The summed E-state index contributed by atoms with van der Waals surface area (Å²) >= 11 is 0. The first kappa shape index (κ1) is 22.7. The van der Waals surface area contributed by atoms with E-state index in [1.54, 1.807) is 13.0 Å². The molecule has 2 atom stereocenters. The molecule has 0 bridgehead atoms. The van der Waals surface area contributed by atoms with E-state index >= 15 is 0 Å². The van der Waals surface area contributed by atoms with E-state index in [2.05, 4.69) is 0 Å². The highest BCUT2D eigenvalue weighted by atomic mass is 19.4. The molecule has 0 radical (unpaired) electrons. The Balaban J connectivity index is 2.16. The summed E-state index contributed by atoms with van der Waals surface area (Å²) in [4.78, 5) is 37.5. The van der Waals surface area contributed by atoms with Crippen molar-refractivity contribution in [2.75, 3.05) is 20.3 Å². The van der Waals surface area contributed by atoms with Crippen molar-refractivity contribution in [3.63, 3.8) is 0 Å². The van der Waals surface area contributed by atoms with Crippen molar-refractivity contribution in [1.82, 2.24) is 4.90 Å². The van der Waals surface area contributed by atoms with Gasteiger partial charge in [-0.3, -0.25) is 9.59 Å². The van der Waals surface area contributed by atoms with Crippen molar-refractivity contribution >= 4 is 17.8 Å². The first-order chi connectivity index (χ1) is 13.7. The number of ketones is 1. The summed E-state index contributed by atoms with van der Waals surface area (Å²) in [5, 5.41) is 0. The lowest BCUT2D eigenvalue weighted by Crippen LogP contribution is -2.48. The Morgan fingerprint density at radius 1 is 1.24 bits per heavy atom. The van der Waals surface area contributed by atoms with Crippen LogP contribution in [0.15, 0.2) is 24.3 Å². The number of alkyl halides is 3. The predicted molar refractivity (Wildman–Crippen MR) is 97.0 cm³/mol. The average molecular weight is 415 g/mol. The van der Waals surface area contributed by atoms with Crippen molar-refractivity contribution in [2.24, 2.45) is 5.92 Å². The SMILES string of the molecule is CCOC(=O)CC(=O)C1CCN(C(=O)OC)C(Cc2cccc(C(F)(F)F)c2)C1. The number of carbonyl (C=O) groups excluding carboxylic acids is 3. The van der Waals surface area contributed by atoms with Gasteiger partial charge in [0.1, 0.15) is 12.2 Å². The number of halogens is 3. The number of nitrogens with zero attached hydrogens (tertiary/aromatic N) is 1. The average Bonchev–Trinajstić information content (AvgIpc) is 2.67. The third-order valence-corrected chi connectivity index (χ3v) is 4.93. The summed E-state index contributed by atoms with van der Waals surface area (Å²) in [6.07, 6.45) is -4.69. The van der Waals surface area contributed by atoms with Gasteiger partial charge in [-0.05, 0) is 37.8 Å². The number of carbonyl (C=O) groups is 3. The molecule has 0 aromatic heterocycles. The third-order valence-electron chi connectivity index (χ3n) is 4.93. The molecule has 1 aliphatic heterocycles. The fourth-order valence-corrected chi connectivity index (χ4v) is 3.54. The Morgan fingerprint density at radius 3 is 2.59 bits per heavy atom. The number of esters is 1. The van der Waals surface area contributed by atoms with Crippen LogP contribution in [0, 0.1) is 5.92 Å². The van der Waals surface area contributed by atoms with Crippen LogP contribution in [-0.4, -0.2) is 49.0 Å². The zero-order valence-corrected chi connectivity index (χ0v) is 16.3. The number of piperidine rings is 1. The molecule has 1 amide bonds. The van der Waals surface area contributed by atoms with Gasteiger partial charge in [0, 0.05) is 18.5 Å². The van der Waals surface area contributed by atoms with Gasteiger partial charge in [0.05, 0.1) is 19.3 Å². The minimum atomic E-state index is -4.47. The molecule has 29 heavy (non-hydrogen) atoms. The second-order valence-electron chi connectivity index (χ2n) is 6.89. The lowest BCUT2D eigenvalue weighted by Gasteiger charge is -2.38. The van der Waals surface area contributed by atoms with E-state index in [9.17, 15) is 27.6 Å². The van der Waals surface area contributed by atoms with Gasteiger partial charge < -0.3 is 14.4 Å². The summed E-state index contributed by atoms with van der Waals surface area (Å²) in [5.74, 6) is -1.37. The Labute approximate surface area is 167 Å². The zero-order chi connectivity index (χ0) is 21.6. The minimum absolute atomic E-state index is 0.141. The highest BCUT2D eigenvalue weighted by Gasteiger charge is 2.36. The number of Topliss-reactive ketones (excluding diaryl/α,β-unsaturated/α-hetero) is 1. The van der Waals surface area contributed by atoms with Gasteiger partial charge in [-0.25, -0.2) is 4.79 Å². The molecule has 1 aromatic carbocycles. The molecular weight excluding hydrogens is 391 g/mol. The molecule has 2 unspecified atom stereocenters. The molecule has 1 aromatic rings. The summed E-state index contributed by atoms with van der Waals surface area (Å²) in [7, 11) is 1.22. The predicted octanol–water partition coefficient (Wildman–Crippen LogP) is 3.62. The van der Waals surface area contributed by atoms with E-state index in [1.807, 2.05) is 0 Å². The molecule has 0 aliphatic carbocycles. The van der Waals surface area contributed by atoms with Gasteiger partial charge in [-0.15, -0.1) is 0 Å². The molecular formula is C20H24F3NO5. The van der Waals surface area contributed by atoms with Crippen LogP contribution in [0.3, 0.4) is 0 Å². The maximum Gasteiger partial charge on any atom is 0.416 e. The van der Waals surface area contributed by atoms with E-state index in [-0.39, 0.29) is 38.2 Å². The lowest BCUT2D eigenvalue weighted by atomic mass is 9.84. The number of benzene rings is 1. The lowest BCUT2D eigenvalue weighted by molar-refractivity contribution is -0.146. The van der Waals surface area contributed by atoms with E-state index in [4.69, 9.17) is 9.47 Å². The van der Waals surface area contributed by atoms with Crippen LogP contribution < -0.4 is 0 Å². The molecule has 1 aliphatic rings. The normalized spacial score (nSPS) is 19.6. The topological polar surface area (TPSA) is 72.9 Å². The summed E-state index contributed by atoms with van der Waals surface area (Å²) < 4.78 is 48.5. The minimum Gasteiger partial charge on any atom is -0.466 e. The number of likely N-dealkylation sites (tertiary alicyclic amines) is 1. The van der Waals surface area contributed by atoms with Gasteiger partial charge in [0.15, 0.2) is 0 Å². The van der Waals surface area contributed by atoms with Crippen molar-refractivity contribution in [1.29, 1.82) is 0 Å². The van der Waals surface area contributed by atoms with E-state index in [1.165, 1.54) is 18.1 Å². The summed E-state index contributed by atoms with van der Waals surface area (Å²) in [6, 6.07) is 4.37. The van der Waals surface area contributed by atoms with E-state index in [0.717, 1.165) is 12.1 Å². The van der Waals surface area contributed by atoms with Crippen LogP contribution in [0.1, 0.15) is 37.3 Å². The Kier molecular flexibility index (Phi) is 7.64. The maximum absolute atomic E-state index is 13.0. The van der Waals surface area contributed by atoms with Crippen molar-refractivity contribution in [3.8, 4) is 0 Å². The van der Waals surface area contributed by atoms with Gasteiger partial charge >= 0.3 is 18.2 Å². The number of hydrogen-bond donors (Lipinski definition) is 0. The largest absolute Gasteiger partial charge is 0.466 e. The summed E-state index contributed by atoms with van der Waals surface area (Å²) in [6.45, 7) is 2.03. The fourth-order valence-electron chi connectivity index (χ4n) is 3.54. The summed E-state index contributed by atoms with van der Waals surface area (Å²) in [5.41, 5.74) is -0.373. The van der Waals surface area contributed by atoms with Crippen LogP contribution in [0.2, 0.25) is 0 Å². The van der Waals surface area contributed by atoms with Gasteiger partial charge in [0.25, 0.3) is 0 Å². The van der Waals surface area contributed by atoms with Crippen LogP contribution in [0.5, 0.6) is 0 Å². The Bertz CT molecular complexity index is 750. The monoisotopic (exact) mass is 415 g/mol. The highest BCUT2D eigenvalue weighted by molar-refractivity contribution is 5.96. The molecule has 160 valence electrons.